The highest BCUT2D eigenvalue weighted by Gasteiger charge is 1.86. The summed E-state index contributed by atoms with van der Waals surface area (Å²) in [6, 6.07) is 0. The van der Waals surface area contributed by atoms with Crippen LogP contribution in [0.5, 0.6) is 0 Å². The van der Waals surface area contributed by atoms with Crippen molar-refractivity contribution in [3.05, 3.63) is 18.2 Å². The minimum Gasteiger partial charge on any atom is -0.283 e. The maximum absolute atomic E-state index is 9.74. The fraction of sp³-hybridized carbons (Fsp3) is 0. The molecule has 1 aromatic heterocycles. The third-order valence-corrected chi connectivity index (χ3v) is 0.585. The molecule has 0 bridgehead atoms. The van der Waals surface area contributed by atoms with Crippen LogP contribution in [0.1, 0.15) is 5.69 Å². The number of aromatic nitrogens is 3. The lowest BCUT2D eigenvalue weighted by Crippen LogP contribution is -1.89. The van der Waals surface area contributed by atoms with Crippen LogP contribution in [0.4, 0.5) is 0 Å². The maximum atomic E-state index is 9.74. The molecule has 0 amide bonds. The summed E-state index contributed by atoms with van der Waals surface area (Å²) in [5, 5.41) is 6.69. The lowest BCUT2D eigenvalue weighted by atomic mass is 10.5. The summed E-state index contributed by atoms with van der Waals surface area (Å²) in [6.07, 6.45) is 4.08. The fourth-order valence-electron chi connectivity index (χ4n) is 0.294. The molecule has 0 N–H and O–H groups in total. The zero-order valence-corrected chi connectivity index (χ0v) is 3.90. The van der Waals surface area contributed by atoms with E-state index >= 15 is 0 Å². The minimum absolute atomic E-state index is 0.132. The molecule has 0 saturated heterocycles. The van der Waals surface area contributed by atoms with E-state index in [9.17, 15) is 4.79 Å². The SMILES string of the molecule is O=[C]c1cncnn1. The number of hydrogen-bond acceptors (Lipinski definition) is 4. The van der Waals surface area contributed by atoms with Crippen LogP contribution in [0.25, 0.3) is 0 Å². The highest BCUT2D eigenvalue weighted by molar-refractivity contribution is 5.70. The average Bonchev–Trinajstić information content (AvgIpc) is 1.90. The predicted molar refractivity (Wildman–Crippen MR) is 24.6 cm³/mol. The van der Waals surface area contributed by atoms with Crippen LogP contribution in [-0.4, -0.2) is 21.5 Å². The first-order valence-electron chi connectivity index (χ1n) is 1.94. The quantitative estimate of drug-likeness (QED) is 0.478. The van der Waals surface area contributed by atoms with Crippen LogP contribution in [0.15, 0.2) is 12.5 Å². The monoisotopic (exact) mass is 108 g/mol. The largest absolute Gasteiger partial charge is 0.283 e. The Balaban J connectivity index is 2.99. The van der Waals surface area contributed by atoms with Crippen molar-refractivity contribution in [1.29, 1.82) is 0 Å². The van der Waals surface area contributed by atoms with Crippen molar-refractivity contribution in [2.75, 3.05) is 0 Å². The molecule has 0 aliphatic rings. The molecular weight excluding hydrogens is 106 g/mol. The van der Waals surface area contributed by atoms with Crippen LogP contribution < -0.4 is 0 Å². The Morgan fingerprint density at radius 2 is 2.50 bits per heavy atom. The molecule has 0 fully saturated rings. The highest BCUT2D eigenvalue weighted by Crippen LogP contribution is 1.76. The van der Waals surface area contributed by atoms with E-state index in [1.807, 2.05) is 0 Å². The molecule has 4 nitrogen and oxygen atoms in total. The van der Waals surface area contributed by atoms with E-state index in [1.54, 1.807) is 6.29 Å². The zero-order valence-electron chi connectivity index (χ0n) is 3.90. The minimum atomic E-state index is 0.132. The van der Waals surface area contributed by atoms with Crippen molar-refractivity contribution in [3.63, 3.8) is 0 Å². The second kappa shape index (κ2) is 2.11. The number of rotatable bonds is 1. The second-order valence-corrected chi connectivity index (χ2v) is 1.10. The smallest absolute Gasteiger partial charge is 0.257 e. The van der Waals surface area contributed by atoms with Crippen LogP contribution in [0, 0.1) is 0 Å². The lowest BCUT2D eigenvalue weighted by Gasteiger charge is -1.78. The summed E-state index contributed by atoms with van der Waals surface area (Å²) >= 11 is 0. The van der Waals surface area contributed by atoms with E-state index in [1.165, 1.54) is 12.5 Å². The summed E-state index contributed by atoms with van der Waals surface area (Å²) in [4.78, 5) is 13.3. The second-order valence-electron chi connectivity index (χ2n) is 1.10. The van der Waals surface area contributed by atoms with Gasteiger partial charge in [-0.15, -0.1) is 10.2 Å². The summed E-state index contributed by atoms with van der Waals surface area (Å²) < 4.78 is 0. The van der Waals surface area contributed by atoms with Crippen LogP contribution >= 0.6 is 0 Å². The van der Waals surface area contributed by atoms with Gasteiger partial charge in [-0.25, -0.2) is 4.98 Å². The first-order chi connectivity index (χ1) is 3.93. The topological polar surface area (TPSA) is 55.7 Å². The molecule has 0 aromatic carbocycles. The van der Waals surface area contributed by atoms with Crippen molar-refractivity contribution in [1.82, 2.24) is 15.2 Å². The van der Waals surface area contributed by atoms with Gasteiger partial charge in [0.2, 0.25) is 0 Å². The van der Waals surface area contributed by atoms with Gasteiger partial charge in [0.15, 0.2) is 5.69 Å². The summed E-state index contributed by atoms with van der Waals surface area (Å²) in [6.45, 7) is 0. The van der Waals surface area contributed by atoms with Crippen LogP contribution in [-0.2, 0) is 4.79 Å². The van der Waals surface area contributed by atoms with Gasteiger partial charge < -0.3 is 0 Å². The molecule has 0 saturated carbocycles. The van der Waals surface area contributed by atoms with Gasteiger partial charge in [-0.2, -0.15) is 0 Å². The first-order valence-corrected chi connectivity index (χ1v) is 1.94. The molecule has 0 unspecified atom stereocenters. The lowest BCUT2D eigenvalue weighted by molar-refractivity contribution is 0.560. The predicted octanol–water partition coefficient (Wildman–Crippen LogP) is -0.671. The summed E-state index contributed by atoms with van der Waals surface area (Å²) in [5.41, 5.74) is 0.132. The molecule has 39 valence electrons. The van der Waals surface area contributed by atoms with E-state index in [-0.39, 0.29) is 5.69 Å². The van der Waals surface area contributed by atoms with Gasteiger partial charge in [-0.3, -0.25) is 4.79 Å². The fourth-order valence-corrected chi connectivity index (χ4v) is 0.294. The van der Waals surface area contributed by atoms with Gasteiger partial charge in [-0.1, -0.05) is 0 Å². The van der Waals surface area contributed by atoms with Gasteiger partial charge in [0.05, 0.1) is 6.20 Å². The molecule has 0 spiro atoms. The third-order valence-electron chi connectivity index (χ3n) is 0.585. The van der Waals surface area contributed by atoms with Gasteiger partial charge in [0.1, 0.15) is 6.33 Å². The van der Waals surface area contributed by atoms with Crippen molar-refractivity contribution < 1.29 is 4.79 Å². The van der Waals surface area contributed by atoms with Crippen molar-refractivity contribution in [2.45, 2.75) is 0 Å². The number of carbonyl (C=O) groups excluding carboxylic acids is 1. The van der Waals surface area contributed by atoms with Crippen molar-refractivity contribution >= 4 is 6.29 Å². The zero-order chi connectivity index (χ0) is 5.82. The molecule has 0 atom stereocenters. The average molecular weight is 108 g/mol. The molecule has 0 aliphatic heterocycles. The molecule has 0 aliphatic carbocycles. The van der Waals surface area contributed by atoms with E-state index in [4.69, 9.17) is 0 Å². The standard InChI is InChI=1S/C4H2N3O/c8-2-4-1-5-3-6-7-4/h1,3H. The number of hydrogen-bond donors (Lipinski definition) is 0. The van der Waals surface area contributed by atoms with Gasteiger partial charge in [0.25, 0.3) is 6.29 Å². The molecule has 4 heteroatoms. The van der Waals surface area contributed by atoms with E-state index < -0.39 is 0 Å². The van der Waals surface area contributed by atoms with Gasteiger partial charge in [-0.05, 0) is 0 Å². The Bertz CT molecular complexity index is 174. The summed E-state index contributed by atoms with van der Waals surface area (Å²) in [7, 11) is 0. The number of nitrogens with zero attached hydrogens (tertiary/aromatic N) is 3. The summed E-state index contributed by atoms with van der Waals surface area (Å²) in [5.74, 6) is 0. The molecule has 1 radical (unpaired) electrons. The Morgan fingerprint density at radius 1 is 1.62 bits per heavy atom. The van der Waals surface area contributed by atoms with E-state index in [2.05, 4.69) is 15.2 Å². The maximum Gasteiger partial charge on any atom is 0.257 e. The Hall–Kier alpha value is -1.32. The third kappa shape index (κ3) is 0.841. The molecule has 1 rings (SSSR count). The van der Waals surface area contributed by atoms with E-state index in [0.29, 0.717) is 0 Å². The van der Waals surface area contributed by atoms with Gasteiger partial charge >= 0.3 is 0 Å². The molecule has 1 aromatic rings. The molecule has 8 heavy (non-hydrogen) atoms. The van der Waals surface area contributed by atoms with E-state index in [0.717, 1.165) is 0 Å². The van der Waals surface area contributed by atoms with Crippen LogP contribution in [0.2, 0.25) is 0 Å². The first kappa shape index (κ1) is 4.83. The van der Waals surface area contributed by atoms with Gasteiger partial charge in [0, 0.05) is 0 Å². The Kier molecular flexibility index (Phi) is 1.27. The van der Waals surface area contributed by atoms with Crippen LogP contribution in [0.3, 0.4) is 0 Å². The normalized spacial score (nSPS) is 8.50. The highest BCUT2D eigenvalue weighted by atomic mass is 16.1. The Labute approximate surface area is 45.6 Å². The molecule has 1 heterocycles. The Morgan fingerprint density at radius 3 is 2.88 bits per heavy atom. The molecular formula is C4H2N3O. The van der Waals surface area contributed by atoms with Crippen molar-refractivity contribution in [2.24, 2.45) is 0 Å². The van der Waals surface area contributed by atoms with Crippen molar-refractivity contribution in [3.8, 4) is 0 Å².